The summed E-state index contributed by atoms with van der Waals surface area (Å²) >= 11 is 0. The van der Waals surface area contributed by atoms with Crippen LogP contribution in [0.3, 0.4) is 0 Å². The minimum absolute atomic E-state index is 0.00154. The third-order valence-electron chi connectivity index (χ3n) is 3.12. The highest BCUT2D eigenvalue weighted by Crippen LogP contribution is 2.13. The Hall–Kier alpha value is -2.78. The lowest BCUT2D eigenvalue weighted by atomic mass is 10.3. The molecule has 1 heterocycles. The summed E-state index contributed by atoms with van der Waals surface area (Å²) in [4.78, 5) is 26.6. The Morgan fingerprint density at radius 2 is 1.84 bits per heavy atom. The second-order valence-electron chi connectivity index (χ2n) is 5.17. The van der Waals surface area contributed by atoms with Crippen LogP contribution in [0.5, 0.6) is 0 Å². The van der Waals surface area contributed by atoms with E-state index >= 15 is 0 Å². The summed E-state index contributed by atoms with van der Waals surface area (Å²) in [6.45, 7) is 1.24. The third-order valence-corrected chi connectivity index (χ3v) is 4.54. The van der Waals surface area contributed by atoms with Crippen LogP contribution in [-0.4, -0.2) is 31.8 Å². The lowest BCUT2D eigenvalue weighted by Gasteiger charge is -2.09. The van der Waals surface area contributed by atoms with Crippen molar-refractivity contribution in [1.82, 2.24) is 15.0 Å². The van der Waals surface area contributed by atoms with Crippen molar-refractivity contribution in [3.05, 3.63) is 54.4 Å². The molecular weight excluding hydrogens is 344 g/mol. The molecule has 25 heavy (non-hydrogen) atoms. The van der Waals surface area contributed by atoms with Crippen molar-refractivity contribution in [2.24, 2.45) is 0 Å². The van der Waals surface area contributed by atoms with E-state index in [4.69, 9.17) is 0 Å². The molecule has 1 aromatic carbocycles. The molecule has 0 aliphatic heterocycles. The summed E-state index contributed by atoms with van der Waals surface area (Å²) < 4.78 is 26.5. The number of hydrogen-bond acceptors (Lipinski definition) is 5. The van der Waals surface area contributed by atoms with Crippen LogP contribution in [0.2, 0.25) is 0 Å². The monoisotopic (exact) mass is 362 g/mol. The van der Waals surface area contributed by atoms with Crippen LogP contribution in [0, 0.1) is 0 Å². The summed E-state index contributed by atoms with van der Waals surface area (Å²) in [6.07, 6.45) is 3.23. The van der Waals surface area contributed by atoms with Gasteiger partial charge in [-0.25, -0.2) is 13.1 Å². The van der Waals surface area contributed by atoms with Crippen LogP contribution >= 0.6 is 0 Å². The Morgan fingerprint density at radius 3 is 2.44 bits per heavy atom. The van der Waals surface area contributed by atoms with Gasteiger partial charge in [0.25, 0.3) is 0 Å². The molecule has 3 N–H and O–H groups in total. The zero-order valence-electron chi connectivity index (χ0n) is 13.5. The normalized spacial score (nSPS) is 10.9. The number of pyridine rings is 1. The Morgan fingerprint density at radius 1 is 1.12 bits per heavy atom. The maximum Gasteiger partial charge on any atom is 0.241 e. The second-order valence-corrected chi connectivity index (χ2v) is 6.94. The van der Waals surface area contributed by atoms with Gasteiger partial charge < -0.3 is 10.6 Å². The SMILES string of the molecule is CC(=O)Nc1ccc(S(=O)(=O)NCC(=O)NCc2cccnc2)cc1. The molecule has 9 heteroatoms. The van der Waals surface area contributed by atoms with Crippen LogP contribution in [0.15, 0.2) is 53.7 Å². The van der Waals surface area contributed by atoms with Crippen LogP contribution < -0.4 is 15.4 Å². The van der Waals surface area contributed by atoms with Crippen molar-refractivity contribution in [2.45, 2.75) is 18.4 Å². The van der Waals surface area contributed by atoms with Gasteiger partial charge in [-0.05, 0) is 35.9 Å². The zero-order valence-corrected chi connectivity index (χ0v) is 14.3. The first-order valence-corrected chi connectivity index (χ1v) is 8.88. The van der Waals surface area contributed by atoms with E-state index in [2.05, 4.69) is 20.3 Å². The molecule has 0 bridgehead atoms. The Balaban J connectivity index is 1.88. The van der Waals surface area contributed by atoms with E-state index in [0.29, 0.717) is 5.69 Å². The Kier molecular flexibility index (Phi) is 6.20. The fourth-order valence-corrected chi connectivity index (χ4v) is 2.91. The summed E-state index contributed by atoms with van der Waals surface area (Å²) in [5.41, 5.74) is 1.30. The van der Waals surface area contributed by atoms with Crippen molar-refractivity contribution in [1.29, 1.82) is 0 Å². The summed E-state index contributed by atoms with van der Waals surface area (Å²) in [7, 11) is -3.82. The van der Waals surface area contributed by atoms with Gasteiger partial charge in [-0.3, -0.25) is 14.6 Å². The number of amides is 2. The topological polar surface area (TPSA) is 117 Å². The molecule has 0 radical (unpaired) electrons. The van der Waals surface area contributed by atoms with Crippen LogP contribution in [0.25, 0.3) is 0 Å². The van der Waals surface area contributed by atoms with E-state index in [1.165, 1.54) is 31.2 Å². The van der Waals surface area contributed by atoms with Gasteiger partial charge in [-0.15, -0.1) is 0 Å². The molecule has 0 aliphatic rings. The van der Waals surface area contributed by atoms with Crippen molar-refractivity contribution in [3.63, 3.8) is 0 Å². The maximum atomic E-state index is 12.2. The molecule has 0 unspecified atom stereocenters. The number of carbonyl (C=O) groups excluding carboxylic acids is 2. The van der Waals surface area contributed by atoms with Gasteiger partial charge in [0, 0.05) is 31.5 Å². The lowest BCUT2D eigenvalue weighted by Crippen LogP contribution is -2.36. The van der Waals surface area contributed by atoms with Crippen molar-refractivity contribution in [3.8, 4) is 0 Å². The molecule has 2 amide bonds. The number of benzene rings is 1. The first-order valence-electron chi connectivity index (χ1n) is 7.40. The van der Waals surface area contributed by atoms with E-state index in [1.54, 1.807) is 24.5 Å². The fourth-order valence-electron chi connectivity index (χ4n) is 1.93. The molecule has 132 valence electrons. The molecule has 1 aromatic heterocycles. The third kappa shape index (κ3) is 5.98. The van der Waals surface area contributed by atoms with E-state index in [0.717, 1.165) is 5.56 Å². The molecule has 0 atom stereocenters. The number of aromatic nitrogens is 1. The highest BCUT2D eigenvalue weighted by atomic mass is 32.2. The molecule has 0 spiro atoms. The van der Waals surface area contributed by atoms with Gasteiger partial charge in [0.1, 0.15) is 0 Å². The predicted octanol–water partition coefficient (Wildman–Crippen LogP) is 0.635. The predicted molar refractivity (Wildman–Crippen MR) is 92.0 cm³/mol. The molecular formula is C16H18N4O4S. The van der Waals surface area contributed by atoms with Gasteiger partial charge in [0.2, 0.25) is 21.8 Å². The van der Waals surface area contributed by atoms with Gasteiger partial charge in [-0.1, -0.05) is 6.07 Å². The van der Waals surface area contributed by atoms with Crippen LogP contribution in [0.1, 0.15) is 12.5 Å². The molecule has 0 saturated heterocycles. The van der Waals surface area contributed by atoms with Crippen LogP contribution in [-0.2, 0) is 26.2 Å². The highest BCUT2D eigenvalue weighted by molar-refractivity contribution is 7.89. The first-order chi connectivity index (χ1) is 11.9. The smallest absolute Gasteiger partial charge is 0.241 e. The fraction of sp³-hybridized carbons (Fsp3) is 0.188. The maximum absolute atomic E-state index is 12.2. The average molecular weight is 362 g/mol. The average Bonchev–Trinajstić information content (AvgIpc) is 2.59. The number of hydrogen-bond donors (Lipinski definition) is 3. The quantitative estimate of drug-likeness (QED) is 0.668. The minimum atomic E-state index is -3.82. The van der Waals surface area contributed by atoms with E-state index in [1.807, 2.05) is 0 Å². The van der Waals surface area contributed by atoms with E-state index in [-0.39, 0.29) is 23.9 Å². The van der Waals surface area contributed by atoms with Gasteiger partial charge in [0.05, 0.1) is 11.4 Å². The number of anilines is 1. The lowest BCUT2D eigenvalue weighted by molar-refractivity contribution is -0.120. The molecule has 8 nitrogen and oxygen atoms in total. The number of nitrogens with zero attached hydrogens (tertiary/aromatic N) is 1. The standard InChI is InChI=1S/C16H18N4O4S/c1-12(21)20-14-4-6-15(7-5-14)25(23,24)19-11-16(22)18-10-13-3-2-8-17-9-13/h2-9,19H,10-11H2,1H3,(H,18,22)(H,20,21). The number of rotatable bonds is 7. The zero-order chi connectivity index (χ0) is 18.3. The second kappa shape index (κ2) is 8.36. The van der Waals surface area contributed by atoms with E-state index in [9.17, 15) is 18.0 Å². The number of carbonyl (C=O) groups is 2. The number of sulfonamides is 1. The van der Waals surface area contributed by atoms with Crippen molar-refractivity contribution < 1.29 is 18.0 Å². The first kappa shape index (κ1) is 18.6. The van der Waals surface area contributed by atoms with Crippen molar-refractivity contribution in [2.75, 3.05) is 11.9 Å². The Labute approximate surface area is 145 Å². The summed E-state index contributed by atoms with van der Waals surface area (Å²) in [5, 5.41) is 5.14. The van der Waals surface area contributed by atoms with Gasteiger partial charge >= 0.3 is 0 Å². The number of nitrogens with one attached hydrogen (secondary N) is 3. The molecule has 0 fully saturated rings. The van der Waals surface area contributed by atoms with Crippen LogP contribution in [0.4, 0.5) is 5.69 Å². The van der Waals surface area contributed by atoms with Gasteiger partial charge in [-0.2, -0.15) is 0 Å². The largest absolute Gasteiger partial charge is 0.351 e. The molecule has 0 saturated carbocycles. The molecule has 2 rings (SSSR count). The summed E-state index contributed by atoms with van der Waals surface area (Å²) in [6, 6.07) is 9.18. The van der Waals surface area contributed by atoms with Crippen molar-refractivity contribution >= 4 is 27.5 Å². The van der Waals surface area contributed by atoms with E-state index < -0.39 is 15.9 Å². The molecule has 0 aliphatic carbocycles. The minimum Gasteiger partial charge on any atom is -0.351 e. The Bertz CT molecular complexity index is 836. The van der Waals surface area contributed by atoms with Gasteiger partial charge in [0.15, 0.2) is 0 Å². The highest BCUT2D eigenvalue weighted by Gasteiger charge is 2.15. The summed E-state index contributed by atoms with van der Waals surface area (Å²) in [5.74, 6) is -0.707. The molecule has 2 aromatic rings.